The fourth-order valence-electron chi connectivity index (χ4n) is 2.73. The van der Waals surface area contributed by atoms with Crippen molar-refractivity contribution in [2.24, 2.45) is 11.8 Å². The zero-order valence-corrected chi connectivity index (χ0v) is 9.91. The molecule has 0 unspecified atom stereocenters. The number of hydrogen-bond acceptors (Lipinski definition) is 2. The minimum atomic E-state index is 0.887. The van der Waals surface area contributed by atoms with E-state index in [2.05, 4.69) is 17.3 Å². The van der Waals surface area contributed by atoms with Gasteiger partial charge < -0.3 is 10.2 Å². The summed E-state index contributed by atoms with van der Waals surface area (Å²) in [6, 6.07) is 1.81. The third-order valence-electron chi connectivity index (χ3n) is 4.27. The van der Waals surface area contributed by atoms with E-state index in [4.69, 9.17) is 0 Å². The van der Waals surface area contributed by atoms with E-state index < -0.39 is 0 Å². The fourth-order valence-corrected chi connectivity index (χ4v) is 2.73. The molecule has 15 heavy (non-hydrogen) atoms. The lowest BCUT2D eigenvalue weighted by molar-refractivity contribution is 0.303. The number of nitrogens with zero attached hydrogens (tertiary/aromatic N) is 1. The van der Waals surface area contributed by atoms with Gasteiger partial charge in [-0.15, -0.1) is 0 Å². The third-order valence-corrected chi connectivity index (χ3v) is 4.27. The lowest BCUT2D eigenvalue weighted by Crippen LogP contribution is -2.38. The molecule has 3 fully saturated rings. The van der Waals surface area contributed by atoms with Crippen molar-refractivity contribution in [3.63, 3.8) is 0 Å². The first-order valence-corrected chi connectivity index (χ1v) is 6.78. The Hall–Kier alpha value is -0.0800. The van der Waals surface area contributed by atoms with Gasteiger partial charge in [0, 0.05) is 25.2 Å². The summed E-state index contributed by atoms with van der Waals surface area (Å²) >= 11 is 0. The molecular weight excluding hydrogens is 184 g/mol. The molecule has 0 spiro atoms. The second kappa shape index (κ2) is 4.06. The fraction of sp³-hybridized carbons (Fsp3) is 1.00. The van der Waals surface area contributed by atoms with Gasteiger partial charge in [0.25, 0.3) is 0 Å². The van der Waals surface area contributed by atoms with E-state index in [9.17, 15) is 0 Å². The molecule has 0 heterocycles. The Labute approximate surface area is 93.4 Å². The highest BCUT2D eigenvalue weighted by atomic mass is 15.2. The van der Waals surface area contributed by atoms with Crippen molar-refractivity contribution in [2.75, 3.05) is 20.1 Å². The average Bonchev–Trinajstić information content (AvgIpc) is 3.12. The lowest BCUT2D eigenvalue weighted by Gasteiger charge is -2.21. The molecule has 3 aliphatic rings. The summed E-state index contributed by atoms with van der Waals surface area (Å²) in [7, 11) is 2.28. The van der Waals surface area contributed by atoms with Crippen molar-refractivity contribution in [3.05, 3.63) is 0 Å². The molecule has 0 amide bonds. The van der Waals surface area contributed by atoms with Crippen LogP contribution in [0.15, 0.2) is 0 Å². The molecule has 2 nitrogen and oxygen atoms in total. The predicted octanol–water partition coefficient (Wildman–Crippen LogP) is 1.86. The molecule has 0 bridgehead atoms. The quantitative estimate of drug-likeness (QED) is 0.687. The Morgan fingerprint density at radius 2 is 1.67 bits per heavy atom. The molecule has 3 aliphatic carbocycles. The van der Waals surface area contributed by atoms with Crippen LogP contribution in [0.1, 0.15) is 38.5 Å². The maximum Gasteiger partial charge on any atom is 0.0124 e. The van der Waals surface area contributed by atoms with E-state index in [0.29, 0.717) is 0 Å². The standard InChI is InChI=1S/C13H24N2/c1-15(12-6-7-12)9-8-14-13(10-2-3-10)11-4-5-11/h10-14H,2-9H2,1H3. The van der Waals surface area contributed by atoms with E-state index in [1.165, 1.54) is 51.6 Å². The maximum absolute atomic E-state index is 3.82. The van der Waals surface area contributed by atoms with Crippen LogP contribution in [0, 0.1) is 11.8 Å². The molecule has 0 saturated heterocycles. The number of likely N-dealkylation sites (N-methyl/N-ethyl adjacent to an activating group) is 1. The predicted molar refractivity (Wildman–Crippen MR) is 62.9 cm³/mol. The SMILES string of the molecule is CN(CCNC(C1CC1)C1CC1)C1CC1. The highest BCUT2D eigenvalue weighted by Gasteiger charge is 2.40. The normalized spacial score (nSPS) is 26.6. The van der Waals surface area contributed by atoms with E-state index in [1.807, 2.05) is 0 Å². The largest absolute Gasteiger partial charge is 0.312 e. The topological polar surface area (TPSA) is 15.3 Å². The van der Waals surface area contributed by atoms with Crippen molar-refractivity contribution < 1.29 is 0 Å². The Balaban J connectivity index is 1.36. The van der Waals surface area contributed by atoms with Crippen LogP contribution in [0.4, 0.5) is 0 Å². The van der Waals surface area contributed by atoms with Gasteiger partial charge in [-0.1, -0.05) is 0 Å². The van der Waals surface area contributed by atoms with Crippen molar-refractivity contribution in [1.29, 1.82) is 0 Å². The van der Waals surface area contributed by atoms with Crippen LogP contribution in [-0.4, -0.2) is 37.1 Å². The van der Waals surface area contributed by atoms with Gasteiger partial charge in [-0.2, -0.15) is 0 Å². The summed E-state index contributed by atoms with van der Waals surface area (Å²) in [5.74, 6) is 2.09. The van der Waals surface area contributed by atoms with Crippen molar-refractivity contribution in [3.8, 4) is 0 Å². The zero-order chi connectivity index (χ0) is 10.3. The molecule has 0 atom stereocenters. The summed E-state index contributed by atoms with van der Waals surface area (Å²) in [5.41, 5.74) is 0. The van der Waals surface area contributed by atoms with Crippen LogP contribution >= 0.6 is 0 Å². The minimum Gasteiger partial charge on any atom is -0.312 e. The van der Waals surface area contributed by atoms with Gasteiger partial charge in [0.1, 0.15) is 0 Å². The first kappa shape index (κ1) is 10.1. The molecule has 3 saturated carbocycles. The summed E-state index contributed by atoms with van der Waals surface area (Å²) in [6.45, 7) is 2.46. The number of rotatable bonds is 7. The van der Waals surface area contributed by atoms with Gasteiger partial charge >= 0.3 is 0 Å². The van der Waals surface area contributed by atoms with Crippen LogP contribution in [-0.2, 0) is 0 Å². The third kappa shape index (κ3) is 2.73. The molecule has 0 aliphatic heterocycles. The van der Waals surface area contributed by atoms with Gasteiger partial charge in [-0.05, 0) is 57.4 Å². The molecule has 0 aromatic carbocycles. The molecule has 1 N–H and O–H groups in total. The molecule has 2 heteroatoms. The monoisotopic (exact) mass is 208 g/mol. The first-order valence-electron chi connectivity index (χ1n) is 6.78. The van der Waals surface area contributed by atoms with Crippen molar-refractivity contribution >= 4 is 0 Å². The second-order valence-electron chi connectivity index (χ2n) is 5.87. The smallest absolute Gasteiger partial charge is 0.0124 e. The maximum atomic E-state index is 3.82. The minimum absolute atomic E-state index is 0.887. The van der Waals surface area contributed by atoms with Crippen LogP contribution in [0.5, 0.6) is 0 Å². The molecule has 0 radical (unpaired) electrons. The second-order valence-corrected chi connectivity index (χ2v) is 5.87. The summed E-state index contributed by atoms with van der Waals surface area (Å²) < 4.78 is 0. The van der Waals surface area contributed by atoms with Gasteiger partial charge in [-0.3, -0.25) is 0 Å². The van der Waals surface area contributed by atoms with Crippen molar-refractivity contribution in [1.82, 2.24) is 10.2 Å². The van der Waals surface area contributed by atoms with E-state index in [0.717, 1.165) is 23.9 Å². The lowest BCUT2D eigenvalue weighted by atomic mass is 10.1. The molecule has 0 aromatic rings. The van der Waals surface area contributed by atoms with Crippen LogP contribution in [0.3, 0.4) is 0 Å². The molecule has 86 valence electrons. The highest BCUT2D eigenvalue weighted by Crippen LogP contribution is 2.44. The summed E-state index contributed by atoms with van der Waals surface area (Å²) in [4.78, 5) is 2.53. The number of nitrogens with one attached hydrogen (secondary N) is 1. The van der Waals surface area contributed by atoms with Gasteiger partial charge in [0.05, 0.1) is 0 Å². The molecule has 3 rings (SSSR count). The molecule has 0 aromatic heterocycles. The first-order chi connectivity index (χ1) is 7.34. The highest BCUT2D eigenvalue weighted by molar-refractivity contribution is 4.96. The Bertz CT molecular complexity index is 205. The van der Waals surface area contributed by atoms with Gasteiger partial charge in [0.2, 0.25) is 0 Å². The molecular formula is C13H24N2. The van der Waals surface area contributed by atoms with E-state index in [-0.39, 0.29) is 0 Å². The van der Waals surface area contributed by atoms with Gasteiger partial charge in [0.15, 0.2) is 0 Å². The van der Waals surface area contributed by atoms with Crippen molar-refractivity contribution in [2.45, 2.75) is 50.6 Å². The Morgan fingerprint density at radius 1 is 1.07 bits per heavy atom. The average molecular weight is 208 g/mol. The van der Waals surface area contributed by atoms with E-state index >= 15 is 0 Å². The van der Waals surface area contributed by atoms with Gasteiger partial charge in [-0.25, -0.2) is 0 Å². The zero-order valence-electron chi connectivity index (χ0n) is 9.91. The van der Waals surface area contributed by atoms with Crippen LogP contribution < -0.4 is 5.32 Å². The summed E-state index contributed by atoms with van der Waals surface area (Å²) in [6.07, 6.45) is 8.84. The summed E-state index contributed by atoms with van der Waals surface area (Å²) in [5, 5.41) is 3.82. The number of hydrogen-bond donors (Lipinski definition) is 1. The van der Waals surface area contributed by atoms with Crippen LogP contribution in [0.2, 0.25) is 0 Å². The van der Waals surface area contributed by atoms with Crippen LogP contribution in [0.25, 0.3) is 0 Å². The Morgan fingerprint density at radius 3 is 2.13 bits per heavy atom. The van der Waals surface area contributed by atoms with E-state index in [1.54, 1.807) is 0 Å². The Kier molecular flexibility index (Phi) is 2.73.